The highest BCUT2D eigenvalue weighted by atomic mass is 16.2. The van der Waals surface area contributed by atoms with Crippen molar-refractivity contribution < 1.29 is 14.4 Å². The number of amides is 2. The molecule has 0 bridgehead atoms. The van der Waals surface area contributed by atoms with Gasteiger partial charge in [0, 0.05) is 11.8 Å². The number of aryl methyl sites for hydroxylation is 1. The smallest absolute Gasteiger partial charge is 0.240 e. The molecule has 3 aliphatic rings. The predicted molar refractivity (Wildman–Crippen MR) is 108 cm³/mol. The van der Waals surface area contributed by atoms with Crippen LogP contribution in [-0.2, 0) is 9.59 Å². The van der Waals surface area contributed by atoms with Crippen molar-refractivity contribution in [2.45, 2.75) is 19.0 Å². The van der Waals surface area contributed by atoms with Gasteiger partial charge in [0.1, 0.15) is 6.04 Å². The van der Waals surface area contributed by atoms with Gasteiger partial charge in [-0.05, 0) is 25.1 Å². The van der Waals surface area contributed by atoms with Crippen molar-refractivity contribution in [1.29, 1.82) is 0 Å². The third-order valence-corrected chi connectivity index (χ3v) is 5.91. The third kappa shape index (κ3) is 2.56. The van der Waals surface area contributed by atoms with Crippen LogP contribution >= 0.6 is 0 Å². The van der Waals surface area contributed by atoms with Gasteiger partial charge in [0.05, 0.1) is 23.6 Å². The van der Waals surface area contributed by atoms with Gasteiger partial charge in [0.25, 0.3) is 0 Å². The lowest BCUT2D eigenvalue weighted by Crippen LogP contribution is -2.46. The van der Waals surface area contributed by atoms with Crippen molar-refractivity contribution in [1.82, 2.24) is 5.01 Å². The molecule has 0 N–H and O–H groups in total. The summed E-state index contributed by atoms with van der Waals surface area (Å²) in [5, 5.41) is 5.99. The van der Waals surface area contributed by atoms with Gasteiger partial charge in [-0.15, -0.1) is 0 Å². The van der Waals surface area contributed by atoms with Crippen LogP contribution in [0.25, 0.3) is 0 Å². The van der Waals surface area contributed by atoms with Crippen LogP contribution in [0.2, 0.25) is 0 Å². The van der Waals surface area contributed by atoms with Gasteiger partial charge in [-0.3, -0.25) is 19.4 Å². The number of imide groups is 1. The number of carbonyl (C=O) groups is 3. The second-order valence-electron chi connectivity index (χ2n) is 7.59. The fourth-order valence-corrected chi connectivity index (χ4v) is 4.56. The number of hydrogen-bond donors (Lipinski definition) is 0. The topological polar surface area (TPSA) is 70.1 Å². The minimum atomic E-state index is -0.805. The number of allylic oxidation sites excluding steroid dienone is 1. The van der Waals surface area contributed by atoms with Crippen molar-refractivity contribution >= 4 is 29.5 Å². The lowest BCUT2D eigenvalue weighted by Gasteiger charge is -2.30. The van der Waals surface area contributed by atoms with Gasteiger partial charge in [-0.2, -0.15) is 5.10 Å². The molecule has 2 amide bonds. The molecule has 4 atom stereocenters. The van der Waals surface area contributed by atoms with Crippen molar-refractivity contribution in [2.75, 3.05) is 4.90 Å². The van der Waals surface area contributed by atoms with Crippen LogP contribution in [0.5, 0.6) is 0 Å². The number of fused-ring (bicyclic) bond motifs is 3. The maximum absolute atomic E-state index is 13.4. The van der Waals surface area contributed by atoms with E-state index >= 15 is 0 Å². The minimum absolute atomic E-state index is 0.192. The number of hydrazone groups is 1. The Morgan fingerprint density at radius 1 is 0.931 bits per heavy atom. The maximum Gasteiger partial charge on any atom is 0.240 e. The molecule has 0 aromatic heterocycles. The van der Waals surface area contributed by atoms with Crippen molar-refractivity contribution in [3.05, 3.63) is 77.9 Å². The first-order chi connectivity index (χ1) is 14.1. The summed E-state index contributed by atoms with van der Waals surface area (Å²) in [5.41, 5.74) is 2.09. The van der Waals surface area contributed by atoms with Crippen molar-refractivity contribution in [3.8, 4) is 0 Å². The second-order valence-corrected chi connectivity index (χ2v) is 7.59. The zero-order valence-electron chi connectivity index (χ0n) is 15.8. The highest BCUT2D eigenvalue weighted by Gasteiger charge is 2.64. The van der Waals surface area contributed by atoms with E-state index in [1.54, 1.807) is 53.7 Å². The summed E-state index contributed by atoms with van der Waals surface area (Å²) in [6, 6.07) is 14.9. The van der Waals surface area contributed by atoms with E-state index in [4.69, 9.17) is 0 Å². The molecular weight excluding hydrogens is 366 g/mol. The van der Waals surface area contributed by atoms with Gasteiger partial charge >= 0.3 is 0 Å². The van der Waals surface area contributed by atoms with E-state index in [2.05, 4.69) is 5.10 Å². The molecule has 2 fully saturated rings. The Morgan fingerprint density at radius 3 is 2.34 bits per heavy atom. The molecule has 6 nitrogen and oxygen atoms in total. The number of ketones is 1. The van der Waals surface area contributed by atoms with Crippen molar-refractivity contribution in [3.63, 3.8) is 0 Å². The quantitative estimate of drug-likeness (QED) is 0.602. The molecular formula is C23H19N3O3. The first-order valence-electron chi connectivity index (χ1n) is 9.61. The molecule has 0 radical (unpaired) electrons. The van der Waals surface area contributed by atoms with Gasteiger partial charge in [0.15, 0.2) is 5.78 Å². The monoisotopic (exact) mass is 385 g/mol. The fraction of sp³-hybridized carbons (Fsp3) is 0.217. The van der Waals surface area contributed by atoms with Crippen LogP contribution in [0.1, 0.15) is 15.9 Å². The third-order valence-electron chi connectivity index (χ3n) is 5.91. The summed E-state index contributed by atoms with van der Waals surface area (Å²) in [6.07, 6.45) is 5.21. The second kappa shape index (κ2) is 6.51. The predicted octanol–water partition coefficient (Wildman–Crippen LogP) is 2.59. The van der Waals surface area contributed by atoms with Crippen molar-refractivity contribution in [2.24, 2.45) is 16.9 Å². The molecule has 6 heteroatoms. The maximum atomic E-state index is 13.4. The summed E-state index contributed by atoms with van der Waals surface area (Å²) < 4.78 is 0. The molecule has 3 heterocycles. The summed E-state index contributed by atoms with van der Waals surface area (Å²) in [7, 11) is 0. The van der Waals surface area contributed by atoms with Crippen LogP contribution in [0.4, 0.5) is 5.69 Å². The summed E-state index contributed by atoms with van der Waals surface area (Å²) in [4.78, 5) is 41.3. The Morgan fingerprint density at radius 2 is 1.62 bits per heavy atom. The van der Waals surface area contributed by atoms with E-state index in [0.717, 1.165) is 5.56 Å². The van der Waals surface area contributed by atoms with Crippen LogP contribution in [0, 0.1) is 18.8 Å². The lowest BCUT2D eigenvalue weighted by molar-refractivity contribution is -0.123. The minimum Gasteiger partial charge on any atom is -0.292 e. The molecule has 2 aromatic rings. The van der Waals surface area contributed by atoms with Crippen LogP contribution < -0.4 is 4.90 Å². The van der Waals surface area contributed by atoms with E-state index in [-0.39, 0.29) is 17.6 Å². The first kappa shape index (κ1) is 17.6. The SMILES string of the molecule is Cc1ccc(N2C(=O)[C@@H]3[C@H](C2=O)C2C=CC=NN2[C@@H]3C(=O)c2ccccc2)cc1. The summed E-state index contributed by atoms with van der Waals surface area (Å²) >= 11 is 0. The lowest BCUT2D eigenvalue weighted by atomic mass is 9.86. The Labute approximate surface area is 168 Å². The molecule has 144 valence electrons. The average molecular weight is 385 g/mol. The molecule has 1 unspecified atom stereocenters. The zero-order valence-corrected chi connectivity index (χ0v) is 15.8. The highest BCUT2D eigenvalue weighted by Crippen LogP contribution is 2.46. The molecule has 2 saturated heterocycles. The Kier molecular flexibility index (Phi) is 3.94. The fourth-order valence-electron chi connectivity index (χ4n) is 4.56. The van der Waals surface area contributed by atoms with Crippen LogP contribution in [0.15, 0.2) is 71.9 Å². The standard InChI is InChI=1S/C23H19N3O3/c1-14-9-11-16(12-10-14)25-22(28)18-17-8-5-13-24-26(17)20(19(18)23(25)29)21(27)15-6-3-2-4-7-15/h2-13,17-20H,1H3/t17?,18-,19-,20+/m1/s1. The highest BCUT2D eigenvalue weighted by molar-refractivity contribution is 6.24. The normalized spacial score (nSPS) is 27.3. The molecule has 3 aliphatic heterocycles. The van der Waals surface area contributed by atoms with Gasteiger partial charge in [0.2, 0.25) is 11.8 Å². The number of nitrogens with zero attached hydrogens (tertiary/aromatic N) is 3. The molecule has 0 saturated carbocycles. The summed E-state index contributed by atoms with van der Waals surface area (Å²) in [6.45, 7) is 1.95. The molecule has 5 rings (SSSR count). The Hall–Kier alpha value is -3.54. The van der Waals surface area contributed by atoms with Gasteiger partial charge in [-0.25, -0.2) is 4.90 Å². The first-order valence-corrected chi connectivity index (χ1v) is 9.61. The Bertz CT molecular complexity index is 1060. The number of anilines is 1. The Balaban J connectivity index is 1.58. The van der Waals surface area contributed by atoms with E-state index in [9.17, 15) is 14.4 Å². The van der Waals surface area contributed by atoms with Crippen LogP contribution in [-0.4, -0.2) is 40.9 Å². The average Bonchev–Trinajstić information content (AvgIpc) is 3.22. The number of Topliss-reactive ketones (excluding diaryl/α,β-unsaturated/α-hetero) is 1. The molecule has 0 spiro atoms. The van der Waals surface area contributed by atoms with E-state index < -0.39 is 23.9 Å². The van der Waals surface area contributed by atoms with Crippen LogP contribution in [0.3, 0.4) is 0 Å². The summed E-state index contributed by atoms with van der Waals surface area (Å²) in [5.74, 6) is -2.20. The molecule has 2 aromatic carbocycles. The largest absolute Gasteiger partial charge is 0.292 e. The van der Waals surface area contributed by atoms with E-state index in [1.165, 1.54) is 4.90 Å². The molecule has 29 heavy (non-hydrogen) atoms. The van der Waals surface area contributed by atoms with E-state index in [0.29, 0.717) is 11.3 Å². The number of hydrogen-bond acceptors (Lipinski definition) is 5. The number of benzene rings is 2. The number of carbonyl (C=O) groups excluding carboxylic acids is 3. The van der Waals surface area contributed by atoms with Gasteiger partial charge in [-0.1, -0.05) is 54.1 Å². The van der Waals surface area contributed by atoms with E-state index in [1.807, 2.05) is 31.2 Å². The number of rotatable bonds is 3. The zero-order chi connectivity index (χ0) is 20.1. The molecule has 0 aliphatic carbocycles. The van der Waals surface area contributed by atoms with Gasteiger partial charge < -0.3 is 0 Å².